The summed E-state index contributed by atoms with van der Waals surface area (Å²) in [5.41, 5.74) is -0.980. The maximum absolute atomic E-state index is 12.2. The largest absolute Gasteiger partial charge is 0.488 e. The van der Waals surface area contributed by atoms with Crippen molar-refractivity contribution in [1.82, 2.24) is 9.78 Å². The van der Waals surface area contributed by atoms with Gasteiger partial charge in [-0.1, -0.05) is 31.2 Å². The van der Waals surface area contributed by atoms with Crippen LogP contribution in [-0.4, -0.2) is 55.9 Å². The van der Waals surface area contributed by atoms with Crippen LogP contribution in [0, 0.1) is 0 Å². The highest BCUT2D eigenvalue weighted by molar-refractivity contribution is 6.76. The Morgan fingerprint density at radius 3 is 2.45 bits per heavy atom. The molecule has 0 amide bonds. The van der Waals surface area contributed by atoms with Crippen LogP contribution in [0.15, 0.2) is 11.0 Å². The van der Waals surface area contributed by atoms with Crippen LogP contribution in [0.25, 0.3) is 0 Å². The first-order valence-electron chi connectivity index (χ1n) is 9.65. The number of carbonyl (C=O) groups is 1. The molecule has 0 bridgehead atoms. The number of halogens is 1. The Morgan fingerprint density at radius 1 is 1.14 bits per heavy atom. The Hall–Kier alpha value is -1.42. The maximum atomic E-state index is 12.2. The molecule has 0 saturated heterocycles. The molecule has 0 spiro atoms. The van der Waals surface area contributed by atoms with Crippen molar-refractivity contribution in [2.45, 2.75) is 65.2 Å². The molecule has 0 aromatic carbocycles. The second-order valence-electron chi connectivity index (χ2n) is 8.77. The van der Waals surface area contributed by atoms with Crippen LogP contribution >= 0.6 is 11.6 Å². The summed E-state index contributed by atoms with van der Waals surface area (Å²) in [6.07, 6.45) is 1.54. The fourth-order valence-electron chi connectivity index (χ4n) is 2.03. The number of nitrogens with zero attached hydrogens (tertiary/aromatic N) is 2. The van der Waals surface area contributed by atoms with Gasteiger partial charge in [-0.15, -0.1) is 0 Å². The molecule has 0 atom stereocenters. The summed E-state index contributed by atoms with van der Waals surface area (Å²) in [5, 5.41) is 3.97. The lowest BCUT2D eigenvalue weighted by Crippen LogP contribution is -2.27. The molecule has 0 unspecified atom stereocenters. The molecule has 29 heavy (non-hydrogen) atoms. The predicted octanol–water partition coefficient (Wildman–Crippen LogP) is 3.34. The number of hydrogen-bond donors (Lipinski definition) is 0. The van der Waals surface area contributed by atoms with E-state index < -0.39 is 19.2 Å². The second kappa shape index (κ2) is 11.7. The summed E-state index contributed by atoms with van der Waals surface area (Å²) in [6.45, 7) is 13.5. The van der Waals surface area contributed by atoms with Crippen molar-refractivity contribution in [3.63, 3.8) is 0 Å². The van der Waals surface area contributed by atoms with E-state index in [9.17, 15) is 9.59 Å². The molecular weight excluding hydrogens is 416 g/mol. The average molecular weight is 449 g/mol. The SMILES string of the molecule is CC(C)(C)OC(=O)CCOCCOc1cnn(COCC[Si](C)(C)C)c(=O)c1Cl. The standard InChI is InChI=1S/C19H33ClN2O6Si/c1-19(2,3)28-16(23)7-8-25-9-10-27-15-13-21-22(18(24)17(15)20)14-26-11-12-29(4,5)6/h13H,7-12,14H2,1-6H3. The van der Waals surface area contributed by atoms with Crippen molar-refractivity contribution in [3.8, 4) is 5.75 Å². The molecule has 0 radical (unpaired) electrons. The van der Waals surface area contributed by atoms with Crippen molar-refractivity contribution < 1.29 is 23.7 Å². The van der Waals surface area contributed by atoms with Crippen molar-refractivity contribution in [2.24, 2.45) is 0 Å². The van der Waals surface area contributed by atoms with Gasteiger partial charge in [0.1, 0.15) is 18.9 Å². The van der Waals surface area contributed by atoms with Gasteiger partial charge in [0.2, 0.25) is 0 Å². The van der Waals surface area contributed by atoms with Crippen molar-refractivity contribution in [2.75, 3.05) is 26.4 Å². The third-order valence-corrected chi connectivity index (χ3v) is 5.57. The van der Waals surface area contributed by atoms with Crippen LogP contribution in [0.4, 0.5) is 0 Å². The number of aromatic nitrogens is 2. The first-order chi connectivity index (χ1) is 13.4. The summed E-state index contributed by atoms with van der Waals surface area (Å²) in [4.78, 5) is 23.8. The van der Waals surface area contributed by atoms with E-state index in [4.69, 9.17) is 30.5 Å². The van der Waals surface area contributed by atoms with E-state index in [1.54, 1.807) is 0 Å². The molecule has 166 valence electrons. The van der Waals surface area contributed by atoms with E-state index in [1.165, 1.54) is 6.20 Å². The van der Waals surface area contributed by atoms with E-state index in [-0.39, 0.29) is 49.7 Å². The summed E-state index contributed by atoms with van der Waals surface area (Å²) >= 11 is 6.08. The molecule has 10 heteroatoms. The number of hydrogen-bond acceptors (Lipinski definition) is 7. The fraction of sp³-hybridized carbons (Fsp3) is 0.737. The second-order valence-corrected chi connectivity index (χ2v) is 14.8. The molecule has 1 aromatic heterocycles. The van der Waals surface area contributed by atoms with Gasteiger partial charge in [-0.2, -0.15) is 5.10 Å². The Bertz CT molecular complexity index is 712. The number of esters is 1. The van der Waals surface area contributed by atoms with E-state index in [0.29, 0.717) is 6.61 Å². The zero-order valence-electron chi connectivity index (χ0n) is 18.2. The zero-order chi connectivity index (χ0) is 22.1. The lowest BCUT2D eigenvalue weighted by molar-refractivity contribution is -0.156. The van der Waals surface area contributed by atoms with Gasteiger partial charge in [-0.05, 0) is 26.8 Å². The number of ether oxygens (including phenoxy) is 4. The van der Waals surface area contributed by atoms with Gasteiger partial charge in [0.25, 0.3) is 5.56 Å². The molecule has 1 rings (SSSR count). The highest BCUT2D eigenvalue weighted by Gasteiger charge is 2.16. The number of carbonyl (C=O) groups excluding carboxylic acids is 1. The van der Waals surface area contributed by atoms with E-state index >= 15 is 0 Å². The lowest BCUT2D eigenvalue weighted by Gasteiger charge is -2.19. The monoisotopic (exact) mass is 448 g/mol. The Kier molecular flexibility index (Phi) is 10.3. The first kappa shape index (κ1) is 25.6. The molecule has 0 aliphatic carbocycles. The zero-order valence-corrected chi connectivity index (χ0v) is 20.0. The quantitative estimate of drug-likeness (QED) is 0.275. The van der Waals surface area contributed by atoms with E-state index in [2.05, 4.69) is 24.7 Å². The van der Waals surface area contributed by atoms with Gasteiger partial charge in [0.05, 0.1) is 25.8 Å². The summed E-state index contributed by atoms with van der Waals surface area (Å²) < 4.78 is 22.7. The Morgan fingerprint density at radius 2 is 1.83 bits per heavy atom. The topological polar surface area (TPSA) is 88.9 Å². The fourth-order valence-corrected chi connectivity index (χ4v) is 2.99. The molecule has 1 aromatic rings. The molecule has 0 aliphatic heterocycles. The highest BCUT2D eigenvalue weighted by Crippen LogP contribution is 2.18. The van der Waals surface area contributed by atoms with Gasteiger partial charge < -0.3 is 18.9 Å². The van der Waals surface area contributed by atoms with E-state index in [0.717, 1.165) is 10.7 Å². The Labute approximate surface area is 178 Å². The summed E-state index contributed by atoms with van der Waals surface area (Å²) in [6, 6.07) is 1.00. The van der Waals surface area contributed by atoms with Crippen LogP contribution in [-0.2, 0) is 25.7 Å². The number of rotatable bonds is 12. The van der Waals surface area contributed by atoms with Crippen LogP contribution in [0.3, 0.4) is 0 Å². The smallest absolute Gasteiger partial charge is 0.308 e. The van der Waals surface area contributed by atoms with Crippen LogP contribution in [0.5, 0.6) is 5.75 Å². The van der Waals surface area contributed by atoms with Crippen LogP contribution < -0.4 is 10.3 Å². The average Bonchev–Trinajstić information content (AvgIpc) is 2.57. The molecule has 0 fully saturated rings. The molecule has 0 N–H and O–H groups in total. The van der Waals surface area contributed by atoms with Crippen molar-refractivity contribution in [1.29, 1.82) is 0 Å². The van der Waals surface area contributed by atoms with Gasteiger partial charge in [0, 0.05) is 14.7 Å². The molecule has 8 nitrogen and oxygen atoms in total. The lowest BCUT2D eigenvalue weighted by atomic mass is 10.2. The molecule has 1 heterocycles. The summed E-state index contributed by atoms with van der Waals surface area (Å²) in [5.74, 6) is -0.132. The van der Waals surface area contributed by atoms with Crippen molar-refractivity contribution in [3.05, 3.63) is 21.6 Å². The first-order valence-corrected chi connectivity index (χ1v) is 13.7. The normalized spacial score (nSPS) is 12.1. The third-order valence-electron chi connectivity index (χ3n) is 3.52. The van der Waals surface area contributed by atoms with Crippen LogP contribution in [0.1, 0.15) is 27.2 Å². The minimum Gasteiger partial charge on any atom is -0.488 e. The molecule has 0 saturated carbocycles. The minimum absolute atomic E-state index is 0.0527. The molecule has 0 aliphatic rings. The van der Waals surface area contributed by atoms with E-state index in [1.807, 2.05) is 20.8 Å². The summed E-state index contributed by atoms with van der Waals surface area (Å²) in [7, 11) is -1.19. The van der Waals surface area contributed by atoms with Gasteiger partial charge >= 0.3 is 5.97 Å². The predicted molar refractivity (Wildman–Crippen MR) is 114 cm³/mol. The van der Waals surface area contributed by atoms with Crippen LogP contribution in [0.2, 0.25) is 30.7 Å². The molecular formula is C19H33ClN2O6Si. The minimum atomic E-state index is -1.19. The highest BCUT2D eigenvalue weighted by atomic mass is 35.5. The van der Waals surface area contributed by atoms with Gasteiger partial charge in [-0.25, -0.2) is 4.68 Å². The van der Waals surface area contributed by atoms with Crippen molar-refractivity contribution >= 4 is 25.6 Å². The van der Waals surface area contributed by atoms with Gasteiger partial charge in [0.15, 0.2) is 10.8 Å². The Balaban J connectivity index is 2.34. The third kappa shape index (κ3) is 11.4. The van der Waals surface area contributed by atoms with Gasteiger partial charge in [-0.3, -0.25) is 9.59 Å². The maximum Gasteiger partial charge on any atom is 0.308 e.